The van der Waals surface area contributed by atoms with Crippen molar-refractivity contribution in [3.05, 3.63) is 29.8 Å². The summed E-state index contributed by atoms with van der Waals surface area (Å²) in [5.74, 6) is -0.482. The van der Waals surface area contributed by atoms with Gasteiger partial charge in [-0.3, -0.25) is 9.78 Å². The maximum absolute atomic E-state index is 12.7. The maximum Gasteiger partial charge on any atom is 0.234 e. The molecule has 18 heavy (non-hydrogen) atoms. The molecule has 0 aliphatic carbocycles. The highest BCUT2D eigenvalue weighted by Gasteiger charge is 2.08. The van der Waals surface area contributed by atoms with Gasteiger partial charge >= 0.3 is 0 Å². The van der Waals surface area contributed by atoms with Crippen molar-refractivity contribution < 1.29 is 13.9 Å². The molecular weight excluding hydrogens is 237 g/mol. The lowest BCUT2D eigenvalue weighted by Crippen LogP contribution is -2.36. The molecule has 0 aliphatic heterocycles. The van der Waals surface area contributed by atoms with E-state index in [9.17, 15) is 9.18 Å². The summed E-state index contributed by atoms with van der Waals surface area (Å²) in [5, 5.41) is 5.70. The zero-order chi connectivity index (χ0) is 13.4. The Hall–Kier alpha value is -1.53. The number of halogens is 1. The van der Waals surface area contributed by atoms with Gasteiger partial charge < -0.3 is 15.4 Å². The molecule has 1 rings (SSSR count). The predicted octanol–water partition coefficient (Wildman–Crippen LogP) is 0.634. The summed E-state index contributed by atoms with van der Waals surface area (Å²) in [6, 6.07) is 2.83. The van der Waals surface area contributed by atoms with Crippen molar-refractivity contribution in [3.8, 4) is 0 Å². The highest BCUT2D eigenvalue weighted by atomic mass is 19.1. The van der Waals surface area contributed by atoms with E-state index < -0.39 is 0 Å². The van der Waals surface area contributed by atoms with Gasteiger partial charge in [0.2, 0.25) is 5.91 Å². The smallest absolute Gasteiger partial charge is 0.234 e. The van der Waals surface area contributed by atoms with Gasteiger partial charge in [-0.2, -0.15) is 0 Å². The van der Waals surface area contributed by atoms with E-state index in [2.05, 4.69) is 15.6 Å². The summed E-state index contributed by atoms with van der Waals surface area (Å²) >= 11 is 0. The monoisotopic (exact) mass is 255 g/mol. The molecule has 1 heterocycles. The normalized spacial score (nSPS) is 12.2. The summed E-state index contributed by atoms with van der Waals surface area (Å²) in [6.45, 7) is 3.02. The molecule has 0 spiro atoms. The van der Waals surface area contributed by atoms with Crippen LogP contribution in [0.4, 0.5) is 4.39 Å². The first-order valence-electron chi connectivity index (χ1n) is 5.74. The SMILES string of the molecule is COCCNC(=O)CNC(C)c1ccc(F)cn1. The summed E-state index contributed by atoms with van der Waals surface area (Å²) < 4.78 is 17.5. The topological polar surface area (TPSA) is 63.2 Å². The Kier molecular flexibility index (Phi) is 6.24. The van der Waals surface area contributed by atoms with Gasteiger partial charge in [-0.05, 0) is 19.1 Å². The van der Waals surface area contributed by atoms with Crippen molar-refractivity contribution in [3.63, 3.8) is 0 Å². The van der Waals surface area contributed by atoms with E-state index in [-0.39, 0.29) is 24.3 Å². The van der Waals surface area contributed by atoms with Gasteiger partial charge in [0.15, 0.2) is 0 Å². The van der Waals surface area contributed by atoms with Gasteiger partial charge in [0.25, 0.3) is 0 Å². The Morgan fingerprint density at radius 1 is 1.56 bits per heavy atom. The molecule has 0 aromatic carbocycles. The van der Waals surface area contributed by atoms with Gasteiger partial charge in [-0.25, -0.2) is 4.39 Å². The van der Waals surface area contributed by atoms with Crippen LogP contribution in [-0.2, 0) is 9.53 Å². The third-order valence-electron chi connectivity index (χ3n) is 2.39. The second-order valence-corrected chi connectivity index (χ2v) is 3.85. The van der Waals surface area contributed by atoms with Crippen LogP contribution in [0.2, 0.25) is 0 Å². The molecule has 0 aliphatic rings. The molecule has 0 fully saturated rings. The molecule has 100 valence electrons. The van der Waals surface area contributed by atoms with Crippen LogP contribution in [0.15, 0.2) is 18.3 Å². The third-order valence-corrected chi connectivity index (χ3v) is 2.39. The summed E-state index contributed by atoms with van der Waals surface area (Å²) in [6.07, 6.45) is 1.16. The van der Waals surface area contributed by atoms with E-state index in [1.54, 1.807) is 13.2 Å². The Bertz CT molecular complexity index is 370. The molecule has 1 amide bonds. The van der Waals surface area contributed by atoms with E-state index in [4.69, 9.17) is 4.74 Å². The largest absolute Gasteiger partial charge is 0.383 e. The van der Waals surface area contributed by atoms with Crippen molar-refractivity contribution in [2.45, 2.75) is 13.0 Å². The second kappa shape index (κ2) is 7.73. The molecule has 1 aromatic rings. The number of hydrogen-bond donors (Lipinski definition) is 2. The molecule has 1 atom stereocenters. The number of amides is 1. The van der Waals surface area contributed by atoms with E-state index in [0.717, 1.165) is 6.20 Å². The Labute approximate surface area is 106 Å². The number of nitrogens with one attached hydrogen (secondary N) is 2. The zero-order valence-corrected chi connectivity index (χ0v) is 10.6. The number of methoxy groups -OCH3 is 1. The highest BCUT2D eigenvalue weighted by molar-refractivity contribution is 5.77. The third kappa shape index (κ3) is 5.20. The van der Waals surface area contributed by atoms with Crippen molar-refractivity contribution in [2.75, 3.05) is 26.8 Å². The minimum atomic E-state index is -0.372. The van der Waals surface area contributed by atoms with Crippen molar-refractivity contribution in [1.82, 2.24) is 15.6 Å². The fourth-order valence-corrected chi connectivity index (χ4v) is 1.35. The lowest BCUT2D eigenvalue weighted by atomic mass is 10.2. The quantitative estimate of drug-likeness (QED) is 0.702. The number of ether oxygens (including phenoxy) is 1. The number of carbonyl (C=O) groups excluding carboxylic acids is 1. The first-order valence-corrected chi connectivity index (χ1v) is 5.74. The number of nitrogens with zero attached hydrogens (tertiary/aromatic N) is 1. The first-order chi connectivity index (χ1) is 8.63. The van der Waals surface area contributed by atoms with E-state index >= 15 is 0 Å². The summed E-state index contributed by atoms with van der Waals surface area (Å²) in [7, 11) is 1.58. The average Bonchev–Trinajstić information content (AvgIpc) is 2.37. The van der Waals surface area contributed by atoms with Gasteiger partial charge in [-0.1, -0.05) is 0 Å². The Morgan fingerprint density at radius 3 is 2.94 bits per heavy atom. The number of rotatable bonds is 7. The molecule has 2 N–H and O–H groups in total. The maximum atomic E-state index is 12.7. The minimum absolute atomic E-state index is 0.110. The van der Waals surface area contributed by atoms with Crippen LogP contribution in [0.3, 0.4) is 0 Å². The van der Waals surface area contributed by atoms with Crippen molar-refractivity contribution >= 4 is 5.91 Å². The molecule has 5 nitrogen and oxygen atoms in total. The molecule has 1 unspecified atom stereocenters. The van der Waals surface area contributed by atoms with Crippen LogP contribution < -0.4 is 10.6 Å². The van der Waals surface area contributed by atoms with E-state index in [1.165, 1.54) is 6.07 Å². The summed E-state index contributed by atoms with van der Waals surface area (Å²) in [4.78, 5) is 15.3. The van der Waals surface area contributed by atoms with Crippen LogP contribution in [0.5, 0.6) is 0 Å². The number of pyridine rings is 1. The average molecular weight is 255 g/mol. The fourth-order valence-electron chi connectivity index (χ4n) is 1.35. The summed E-state index contributed by atoms with van der Waals surface area (Å²) in [5.41, 5.74) is 0.695. The van der Waals surface area contributed by atoms with E-state index in [0.29, 0.717) is 18.8 Å². The standard InChI is InChI=1S/C12H18FN3O2/c1-9(11-4-3-10(13)7-16-11)15-8-12(17)14-5-6-18-2/h3-4,7,9,15H,5-6,8H2,1-2H3,(H,14,17). The number of aromatic nitrogens is 1. The molecule has 0 saturated carbocycles. The van der Waals surface area contributed by atoms with Crippen LogP contribution in [0.25, 0.3) is 0 Å². The molecule has 0 bridgehead atoms. The van der Waals surface area contributed by atoms with Gasteiger partial charge in [-0.15, -0.1) is 0 Å². The predicted molar refractivity (Wildman–Crippen MR) is 65.5 cm³/mol. The number of carbonyl (C=O) groups is 1. The second-order valence-electron chi connectivity index (χ2n) is 3.85. The highest BCUT2D eigenvalue weighted by Crippen LogP contribution is 2.08. The molecule has 6 heteroatoms. The van der Waals surface area contributed by atoms with Crippen molar-refractivity contribution in [1.29, 1.82) is 0 Å². The minimum Gasteiger partial charge on any atom is -0.383 e. The molecule has 0 radical (unpaired) electrons. The Balaban J connectivity index is 2.30. The van der Waals surface area contributed by atoms with E-state index in [1.807, 2.05) is 6.92 Å². The van der Waals surface area contributed by atoms with Gasteiger partial charge in [0.1, 0.15) is 5.82 Å². The molecular formula is C12H18FN3O2. The fraction of sp³-hybridized carbons (Fsp3) is 0.500. The lowest BCUT2D eigenvalue weighted by molar-refractivity contribution is -0.120. The van der Waals surface area contributed by atoms with Crippen LogP contribution in [0, 0.1) is 5.82 Å². The van der Waals surface area contributed by atoms with Crippen LogP contribution in [-0.4, -0.2) is 37.7 Å². The Morgan fingerprint density at radius 2 is 2.33 bits per heavy atom. The van der Waals surface area contributed by atoms with Crippen LogP contribution >= 0.6 is 0 Å². The molecule has 1 aromatic heterocycles. The van der Waals surface area contributed by atoms with Crippen LogP contribution in [0.1, 0.15) is 18.7 Å². The lowest BCUT2D eigenvalue weighted by Gasteiger charge is -2.13. The first kappa shape index (κ1) is 14.5. The van der Waals surface area contributed by atoms with Crippen molar-refractivity contribution in [2.24, 2.45) is 0 Å². The molecule has 0 saturated heterocycles. The number of hydrogen-bond acceptors (Lipinski definition) is 4. The van der Waals surface area contributed by atoms with Gasteiger partial charge in [0, 0.05) is 19.7 Å². The van der Waals surface area contributed by atoms with Gasteiger partial charge in [0.05, 0.1) is 25.0 Å². The zero-order valence-electron chi connectivity index (χ0n) is 10.6.